The fourth-order valence-corrected chi connectivity index (χ4v) is 4.29. The molecule has 0 aliphatic carbocycles. The van der Waals surface area contributed by atoms with E-state index in [0.29, 0.717) is 0 Å². The van der Waals surface area contributed by atoms with Gasteiger partial charge in [-0.15, -0.1) is 0 Å². The fourth-order valence-electron chi connectivity index (χ4n) is 4.29. The van der Waals surface area contributed by atoms with Gasteiger partial charge in [-0.2, -0.15) is 0 Å². The maximum atomic E-state index is 14.3. The molecule has 3 heterocycles. The van der Waals surface area contributed by atoms with Crippen molar-refractivity contribution in [3.63, 3.8) is 0 Å². The molecule has 0 saturated heterocycles. The number of rotatable bonds is 3. The average Bonchev–Trinajstić information content (AvgIpc) is 3.37. The van der Waals surface area contributed by atoms with Crippen molar-refractivity contribution in [1.82, 2.24) is 19.9 Å². The van der Waals surface area contributed by atoms with E-state index < -0.39 is 0 Å². The molecule has 3 N–H and O–H groups in total. The van der Waals surface area contributed by atoms with E-state index in [1.807, 2.05) is 24.4 Å². The summed E-state index contributed by atoms with van der Waals surface area (Å²) in [6.07, 6.45) is 3.58. The third kappa shape index (κ3) is 2.39. The molecule has 0 unspecified atom stereocenters. The SMILES string of the molecule is Cc1[nH]c(-c2cc(F)cc3[nH]ccc23)c(C(C)C)c1-c1cccc2[nH]cnc12. The number of aromatic nitrogens is 4. The molecule has 0 saturated carbocycles. The van der Waals surface area contributed by atoms with Crippen LogP contribution >= 0.6 is 0 Å². The minimum absolute atomic E-state index is 0.247. The van der Waals surface area contributed by atoms with Gasteiger partial charge in [0.05, 0.1) is 23.1 Å². The fraction of sp³-hybridized carbons (Fsp3) is 0.174. The lowest BCUT2D eigenvalue weighted by Crippen LogP contribution is -1.94. The summed E-state index contributed by atoms with van der Waals surface area (Å²) in [5.74, 6) is 0.00395. The van der Waals surface area contributed by atoms with Crippen LogP contribution in [0, 0.1) is 12.7 Å². The van der Waals surface area contributed by atoms with Crippen LogP contribution in [0.25, 0.3) is 44.3 Å². The largest absolute Gasteiger partial charge is 0.361 e. The van der Waals surface area contributed by atoms with Crippen molar-refractivity contribution in [2.45, 2.75) is 26.7 Å². The van der Waals surface area contributed by atoms with Crippen molar-refractivity contribution in [2.75, 3.05) is 0 Å². The van der Waals surface area contributed by atoms with Crippen LogP contribution < -0.4 is 0 Å². The van der Waals surface area contributed by atoms with E-state index in [1.165, 1.54) is 11.6 Å². The minimum Gasteiger partial charge on any atom is -0.361 e. The summed E-state index contributed by atoms with van der Waals surface area (Å²) < 4.78 is 14.3. The minimum atomic E-state index is -0.247. The standard InChI is InChI=1S/C23H21FN4/c1-12(2)20-21(16-5-4-6-18-22(16)27-11-26-18)13(3)28-23(20)17-9-14(24)10-19-15(17)7-8-25-19/h4-12,25,28H,1-3H3,(H,26,27). The summed E-state index contributed by atoms with van der Waals surface area (Å²) in [5.41, 5.74) is 9.08. The number of H-pyrrole nitrogens is 3. The Labute approximate surface area is 161 Å². The number of aryl methyl sites for hydroxylation is 1. The molecular formula is C23H21FN4. The number of nitrogens with zero attached hydrogens (tertiary/aromatic N) is 1. The quantitative estimate of drug-likeness (QED) is 0.343. The van der Waals surface area contributed by atoms with Crippen LogP contribution in [0.2, 0.25) is 0 Å². The summed E-state index contributed by atoms with van der Waals surface area (Å²) in [5, 5.41) is 1.01. The molecule has 0 aliphatic heterocycles. The van der Waals surface area contributed by atoms with Crippen molar-refractivity contribution in [2.24, 2.45) is 0 Å². The van der Waals surface area contributed by atoms with Gasteiger partial charge < -0.3 is 15.0 Å². The number of halogens is 1. The summed E-state index contributed by atoms with van der Waals surface area (Å²) in [6, 6.07) is 11.3. The summed E-state index contributed by atoms with van der Waals surface area (Å²) in [7, 11) is 0. The van der Waals surface area contributed by atoms with Gasteiger partial charge in [-0.3, -0.25) is 0 Å². The second kappa shape index (κ2) is 6.09. The topological polar surface area (TPSA) is 60.3 Å². The van der Waals surface area contributed by atoms with E-state index in [1.54, 1.807) is 12.4 Å². The van der Waals surface area contributed by atoms with Crippen molar-refractivity contribution in [1.29, 1.82) is 0 Å². The van der Waals surface area contributed by atoms with Crippen LogP contribution in [0.5, 0.6) is 0 Å². The number of benzene rings is 2. The van der Waals surface area contributed by atoms with Crippen LogP contribution in [0.15, 0.2) is 48.9 Å². The van der Waals surface area contributed by atoms with Gasteiger partial charge in [-0.1, -0.05) is 26.0 Å². The normalized spacial score (nSPS) is 11.9. The number of imidazole rings is 1. The number of hydrogen-bond acceptors (Lipinski definition) is 1. The zero-order valence-electron chi connectivity index (χ0n) is 16.0. The predicted molar refractivity (Wildman–Crippen MR) is 112 cm³/mol. The van der Waals surface area contributed by atoms with Crippen molar-refractivity contribution < 1.29 is 4.39 Å². The molecule has 5 rings (SSSR count). The Morgan fingerprint density at radius 3 is 2.68 bits per heavy atom. The highest BCUT2D eigenvalue weighted by molar-refractivity contribution is 5.99. The molecule has 3 aromatic heterocycles. The van der Waals surface area contributed by atoms with Crippen LogP contribution in [-0.2, 0) is 0 Å². The van der Waals surface area contributed by atoms with E-state index in [4.69, 9.17) is 0 Å². The molecule has 140 valence electrons. The maximum absolute atomic E-state index is 14.3. The first-order valence-corrected chi connectivity index (χ1v) is 9.46. The first-order chi connectivity index (χ1) is 13.5. The molecule has 28 heavy (non-hydrogen) atoms. The second-order valence-corrected chi connectivity index (χ2v) is 7.56. The van der Waals surface area contributed by atoms with Gasteiger partial charge >= 0.3 is 0 Å². The Morgan fingerprint density at radius 2 is 1.86 bits per heavy atom. The van der Waals surface area contributed by atoms with Crippen LogP contribution in [0.1, 0.15) is 31.0 Å². The third-order valence-corrected chi connectivity index (χ3v) is 5.43. The maximum Gasteiger partial charge on any atom is 0.125 e. The van der Waals surface area contributed by atoms with Gasteiger partial charge in [0.25, 0.3) is 0 Å². The number of para-hydroxylation sites is 1. The lowest BCUT2D eigenvalue weighted by molar-refractivity contribution is 0.630. The van der Waals surface area contributed by atoms with Gasteiger partial charge in [0, 0.05) is 39.5 Å². The van der Waals surface area contributed by atoms with E-state index in [2.05, 4.69) is 46.8 Å². The van der Waals surface area contributed by atoms with Crippen LogP contribution in [0.4, 0.5) is 4.39 Å². The van der Waals surface area contributed by atoms with Crippen molar-refractivity contribution in [3.05, 3.63) is 66.0 Å². The lowest BCUT2D eigenvalue weighted by atomic mass is 9.90. The van der Waals surface area contributed by atoms with E-state index in [0.717, 1.165) is 50.0 Å². The van der Waals surface area contributed by atoms with Gasteiger partial charge in [0.15, 0.2) is 0 Å². The average molecular weight is 372 g/mol. The van der Waals surface area contributed by atoms with Crippen molar-refractivity contribution >= 4 is 21.9 Å². The van der Waals surface area contributed by atoms with Gasteiger partial charge in [-0.25, -0.2) is 9.37 Å². The predicted octanol–water partition coefficient (Wildman–Crippen LogP) is 6.28. The Kier molecular flexibility index (Phi) is 3.66. The van der Waals surface area contributed by atoms with Crippen LogP contribution in [-0.4, -0.2) is 19.9 Å². The molecule has 0 aliphatic rings. The first-order valence-electron chi connectivity index (χ1n) is 9.46. The van der Waals surface area contributed by atoms with Gasteiger partial charge in [-0.05, 0) is 42.7 Å². The molecule has 0 amide bonds. The zero-order valence-corrected chi connectivity index (χ0v) is 16.0. The number of fused-ring (bicyclic) bond motifs is 2. The molecule has 5 aromatic rings. The molecule has 0 fully saturated rings. The molecule has 0 spiro atoms. The Hall–Kier alpha value is -3.34. The highest BCUT2D eigenvalue weighted by atomic mass is 19.1. The summed E-state index contributed by atoms with van der Waals surface area (Å²) in [4.78, 5) is 14.4. The summed E-state index contributed by atoms with van der Waals surface area (Å²) in [6.45, 7) is 6.42. The van der Waals surface area contributed by atoms with Gasteiger partial charge in [0.2, 0.25) is 0 Å². The highest BCUT2D eigenvalue weighted by Crippen LogP contribution is 2.43. The molecule has 0 bridgehead atoms. The zero-order chi connectivity index (χ0) is 19.4. The monoisotopic (exact) mass is 372 g/mol. The number of hydrogen-bond donors (Lipinski definition) is 3. The molecule has 4 nitrogen and oxygen atoms in total. The van der Waals surface area contributed by atoms with E-state index in [9.17, 15) is 4.39 Å². The second-order valence-electron chi connectivity index (χ2n) is 7.56. The Bertz CT molecular complexity index is 1320. The number of aromatic amines is 3. The smallest absolute Gasteiger partial charge is 0.125 e. The lowest BCUT2D eigenvalue weighted by Gasteiger charge is -2.13. The van der Waals surface area contributed by atoms with E-state index >= 15 is 0 Å². The number of nitrogens with one attached hydrogen (secondary N) is 3. The van der Waals surface area contributed by atoms with Crippen molar-refractivity contribution in [3.8, 4) is 22.4 Å². The molecule has 5 heteroatoms. The third-order valence-electron chi connectivity index (χ3n) is 5.43. The molecule has 0 atom stereocenters. The Balaban J connectivity index is 1.86. The van der Waals surface area contributed by atoms with Gasteiger partial charge in [0.1, 0.15) is 5.82 Å². The first kappa shape index (κ1) is 16.8. The van der Waals surface area contributed by atoms with E-state index in [-0.39, 0.29) is 11.7 Å². The highest BCUT2D eigenvalue weighted by Gasteiger charge is 2.23. The summed E-state index contributed by atoms with van der Waals surface area (Å²) >= 11 is 0. The molecular weight excluding hydrogens is 351 g/mol. The molecule has 0 radical (unpaired) electrons. The molecule has 2 aromatic carbocycles. The Morgan fingerprint density at radius 1 is 1.00 bits per heavy atom. The van der Waals surface area contributed by atoms with Crippen LogP contribution in [0.3, 0.4) is 0 Å².